The fourth-order valence-corrected chi connectivity index (χ4v) is 2.43. The molecule has 0 saturated heterocycles. The number of nitrogens with two attached hydrogens (primary N) is 1. The highest BCUT2D eigenvalue weighted by molar-refractivity contribution is 7.12. The van der Waals surface area contributed by atoms with E-state index in [1.807, 2.05) is 5.38 Å². The van der Waals surface area contributed by atoms with E-state index in [0.717, 1.165) is 0 Å². The van der Waals surface area contributed by atoms with Crippen molar-refractivity contribution >= 4 is 28.8 Å². The van der Waals surface area contributed by atoms with Gasteiger partial charge in [0, 0.05) is 12.2 Å². The molecule has 23 heavy (non-hydrogen) atoms. The Morgan fingerprint density at radius 3 is 2.61 bits per heavy atom. The third-order valence-electron chi connectivity index (χ3n) is 2.99. The molecule has 0 saturated carbocycles. The second-order valence-corrected chi connectivity index (χ2v) is 5.77. The maximum absolute atomic E-state index is 12.1. The van der Waals surface area contributed by atoms with Crippen LogP contribution in [0.25, 0.3) is 0 Å². The number of nitrogens with one attached hydrogen (secondary N) is 2. The smallest absolute Gasteiger partial charge is 0.261 e. The molecule has 0 aliphatic rings. The molecule has 0 aliphatic heterocycles. The summed E-state index contributed by atoms with van der Waals surface area (Å²) >= 11 is 1.33. The van der Waals surface area contributed by atoms with Gasteiger partial charge in [-0.25, -0.2) is 0 Å². The van der Waals surface area contributed by atoms with E-state index in [1.54, 1.807) is 43.3 Å². The monoisotopic (exact) mass is 333 g/mol. The summed E-state index contributed by atoms with van der Waals surface area (Å²) in [6, 6.07) is 9.83. The molecule has 1 aromatic carbocycles. The van der Waals surface area contributed by atoms with E-state index in [0.29, 0.717) is 29.5 Å². The van der Waals surface area contributed by atoms with Crippen LogP contribution in [0.15, 0.2) is 41.8 Å². The number of hydrogen-bond donors (Lipinski definition) is 3. The lowest BCUT2D eigenvalue weighted by molar-refractivity contribution is -0.117. The van der Waals surface area contributed by atoms with Gasteiger partial charge in [-0.3, -0.25) is 9.59 Å². The lowest BCUT2D eigenvalue weighted by Crippen LogP contribution is -2.41. The van der Waals surface area contributed by atoms with Crippen LogP contribution in [0.5, 0.6) is 5.75 Å². The van der Waals surface area contributed by atoms with Crippen molar-refractivity contribution < 1.29 is 14.3 Å². The zero-order chi connectivity index (χ0) is 16.7. The first kappa shape index (κ1) is 17.0. The first-order valence-corrected chi connectivity index (χ1v) is 8.06. The molecule has 4 N–H and O–H groups in total. The van der Waals surface area contributed by atoms with E-state index in [-0.39, 0.29) is 11.8 Å². The normalized spacial score (nSPS) is 11.6. The van der Waals surface area contributed by atoms with Gasteiger partial charge in [0.1, 0.15) is 18.4 Å². The van der Waals surface area contributed by atoms with Crippen molar-refractivity contribution in [2.45, 2.75) is 13.0 Å². The molecular weight excluding hydrogens is 314 g/mol. The number of anilines is 1. The molecule has 0 spiro atoms. The maximum Gasteiger partial charge on any atom is 0.261 e. The average Bonchev–Trinajstić information content (AvgIpc) is 3.08. The van der Waals surface area contributed by atoms with Crippen molar-refractivity contribution in [3.63, 3.8) is 0 Å². The second-order valence-electron chi connectivity index (χ2n) is 4.82. The van der Waals surface area contributed by atoms with Gasteiger partial charge in [-0.15, -0.1) is 11.3 Å². The van der Waals surface area contributed by atoms with Crippen LogP contribution < -0.4 is 21.1 Å². The average molecular weight is 333 g/mol. The lowest BCUT2D eigenvalue weighted by atomic mass is 10.2. The predicted molar refractivity (Wildman–Crippen MR) is 90.9 cm³/mol. The largest absolute Gasteiger partial charge is 0.492 e. The van der Waals surface area contributed by atoms with Gasteiger partial charge in [0.2, 0.25) is 5.91 Å². The third-order valence-corrected chi connectivity index (χ3v) is 3.86. The summed E-state index contributed by atoms with van der Waals surface area (Å²) in [5.41, 5.74) is 6.00. The van der Waals surface area contributed by atoms with E-state index in [1.165, 1.54) is 11.3 Å². The Labute approximate surface area is 138 Å². The summed E-state index contributed by atoms with van der Waals surface area (Å²) in [6.45, 7) is 2.52. The molecule has 1 unspecified atom stereocenters. The fraction of sp³-hybridized carbons (Fsp3) is 0.250. The Bertz CT molecular complexity index is 641. The van der Waals surface area contributed by atoms with Crippen LogP contribution in [-0.2, 0) is 4.79 Å². The number of ether oxygens (including phenoxy) is 1. The van der Waals surface area contributed by atoms with E-state index in [9.17, 15) is 9.59 Å². The van der Waals surface area contributed by atoms with Crippen LogP contribution in [0.2, 0.25) is 0 Å². The van der Waals surface area contributed by atoms with Crippen LogP contribution >= 0.6 is 11.3 Å². The molecule has 122 valence electrons. The number of amides is 2. The number of hydrogen-bond acceptors (Lipinski definition) is 5. The zero-order valence-corrected chi connectivity index (χ0v) is 13.6. The Balaban J connectivity index is 1.86. The highest BCUT2D eigenvalue weighted by Gasteiger charge is 2.17. The fourth-order valence-electron chi connectivity index (χ4n) is 1.80. The first-order chi connectivity index (χ1) is 11.1. The van der Waals surface area contributed by atoms with Gasteiger partial charge in [-0.2, -0.15) is 0 Å². The van der Waals surface area contributed by atoms with Crippen molar-refractivity contribution in [1.82, 2.24) is 5.32 Å². The van der Waals surface area contributed by atoms with Gasteiger partial charge >= 0.3 is 0 Å². The van der Waals surface area contributed by atoms with Gasteiger partial charge in [0.25, 0.3) is 5.91 Å². The molecular formula is C16H19N3O3S. The summed E-state index contributed by atoms with van der Waals surface area (Å²) in [7, 11) is 0. The SMILES string of the molecule is CC(NC(=O)c1cccs1)C(=O)Nc1ccc(OCCN)cc1. The molecule has 0 bridgehead atoms. The molecule has 1 atom stereocenters. The molecule has 7 heteroatoms. The van der Waals surface area contributed by atoms with Crippen molar-refractivity contribution in [1.29, 1.82) is 0 Å². The van der Waals surface area contributed by atoms with Crippen LogP contribution in [0, 0.1) is 0 Å². The summed E-state index contributed by atoms with van der Waals surface area (Å²) in [6.07, 6.45) is 0. The van der Waals surface area contributed by atoms with E-state index >= 15 is 0 Å². The van der Waals surface area contributed by atoms with Gasteiger partial charge in [-0.05, 0) is 42.6 Å². The maximum atomic E-state index is 12.1. The number of carbonyl (C=O) groups excluding carboxylic acids is 2. The molecule has 2 amide bonds. The summed E-state index contributed by atoms with van der Waals surface area (Å²) in [5, 5.41) is 7.22. The topological polar surface area (TPSA) is 93.5 Å². The molecule has 2 aromatic rings. The lowest BCUT2D eigenvalue weighted by Gasteiger charge is -2.14. The van der Waals surface area contributed by atoms with Gasteiger partial charge in [-0.1, -0.05) is 6.07 Å². The van der Waals surface area contributed by atoms with Crippen molar-refractivity contribution in [2.24, 2.45) is 5.73 Å². The summed E-state index contributed by atoms with van der Waals surface area (Å²) in [5.74, 6) is 0.145. The van der Waals surface area contributed by atoms with Gasteiger partial charge < -0.3 is 21.1 Å². The summed E-state index contributed by atoms with van der Waals surface area (Å²) < 4.78 is 5.36. The van der Waals surface area contributed by atoms with E-state index in [4.69, 9.17) is 10.5 Å². The minimum Gasteiger partial charge on any atom is -0.492 e. The van der Waals surface area contributed by atoms with Crippen LogP contribution in [0.1, 0.15) is 16.6 Å². The Morgan fingerprint density at radius 2 is 2.00 bits per heavy atom. The molecule has 1 aromatic heterocycles. The van der Waals surface area contributed by atoms with Crippen molar-refractivity contribution in [3.05, 3.63) is 46.7 Å². The molecule has 0 aliphatic carbocycles. The highest BCUT2D eigenvalue weighted by atomic mass is 32.1. The van der Waals surface area contributed by atoms with Crippen molar-refractivity contribution in [3.8, 4) is 5.75 Å². The molecule has 0 fully saturated rings. The number of carbonyl (C=O) groups is 2. The molecule has 2 rings (SSSR count). The quantitative estimate of drug-likeness (QED) is 0.721. The van der Waals surface area contributed by atoms with Crippen LogP contribution in [0.4, 0.5) is 5.69 Å². The van der Waals surface area contributed by atoms with Gasteiger partial charge in [0.15, 0.2) is 0 Å². The zero-order valence-electron chi connectivity index (χ0n) is 12.7. The second kappa shape index (κ2) is 8.30. The molecule has 0 radical (unpaired) electrons. The highest BCUT2D eigenvalue weighted by Crippen LogP contribution is 2.16. The Hall–Kier alpha value is -2.38. The van der Waals surface area contributed by atoms with Gasteiger partial charge in [0.05, 0.1) is 4.88 Å². The van der Waals surface area contributed by atoms with Crippen LogP contribution in [-0.4, -0.2) is 31.0 Å². The Morgan fingerprint density at radius 1 is 1.26 bits per heavy atom. The number of thiophene rings is 1. The predicted octanol–water partition coefficient (Wildman–Crippen LogP) is 1.84. The third kappa shape index (κ3) is 5.08. The standard InChI is InChI=1S/C16H19N3O3S/c1-11(18-16(21)14-3-2-10-23-14)15(20)19-12-4-6-13(7-5-12)22-9-8-17/h2-7,10-11H,8-9,17H2,1H3,(H,18,21)(H,19,20). The van der Waals surface area contributed by atoms with E-state index < -0.39 is 6.04 Å². The van der Waals surface area contributed by atoms with E-state index in [2.05, 4.69) is 10.6 Å². The minimum absolute atomic E-state index is 0.256. The summed E-state index contributed by atoms with van der Waals surface area (Å²) in [4.78, 5) is 24.6. The Kier molecular flexibility index (Phi) is 6.13. The van der Waals surface area contributed by atoms with Crippen molar-refractivity contribution in [2.75, 3.05) is 18.5 Å². The number of rotatable bonds is 7. The first-order valence-electron chi connectivity index (χ1n) is 7.18. The minimum atomic E-state index is -0.641. The number of benzene rings is 1. The molecule has 6 nitrogen and oxygen atoms in total. The van der Waals surface area contributed by atoms with Crippen LogP contribution in [0.3, 0.4) is 0 Å². The molecule has 1 heterocycles.